The zero-order chi connectivity index (χ0) is 20.4. The molecule has 1 N–H and O–H groups in total. The third-order valence-electron chi connectivity index (χ3n) is 4.99. The molecule has 8 heteroatoms. The van der Waals surface area contributed by atoms with Crippen LogP contribution in [0.5, 0.6) is 5.75 Å². The van der Waals surface area contributed by atoms with Crippen molar-refractivity contribution in [2.24, 2.45) is 0 Å². The number of carbonyl (C=O) groups excluding carboxylic acids is 3. The van der Waals surface area contributed by atoms with Crippen LogP contribution in [-0.2, 0) is 9.59 Å². The molecule has 0 aliphatic carbocycles. The molecule has 4 amide bonds. The average Bonchev–Trinajstić information content (AvgIpc) is 3.26. The van der Waals surface area contributed by atoms with Gasteiger partial charge in [0.25, 0.3) is 11.8 Å². The number of aromatic nitrogens is 1. The van der Waals surface area contributed by atoms with Crippen LogP contribution in [0.1, 0.15) is 18.4 Å². The fourth-order valence-corrected chi connectivity index (χ4v) is 3.52. The van der Waals surface area contributed by atoms with Crippen LogP contribution in [-0.4, -0.2) is 43.0 Å². The molecule has 1 aromatic carbocycles. The van der Waals surface area contributed by atoms with Crippen LogP contribution >= 0.6 is 0 Å². The van der Waals surface area contributed by atoms with Gasteiger partial charge in [-0.3, -0.25) is 19.9 Å². The summed E-state index contributed by atoms with van der Waals surface area (Å²) in [6.07, 6.45) is 6.67. The normalized spacial score (nSPS) is 18.4. The molecular formula is C21H20N4O4. The molecule has 0 bridgehead atoms. The van der Waals surface area contributed by atoms with Gasteiger partial charge in [-0.15, -0.1) is 0 Å². The number of nitrogens with one attached hydrogen (secondary N) is 1. The molecule has 1 aromatic heterocycles. The highest BCUT2D eigenvalue weighted by atomic mass is 16.5. The van der Waals surface area contributed by atoms with Gasteiger partial charge in [0.2, 0.25) is 0 Å². The SMILES string of the molecule is COc1cc(N2CCCC2)ccc1/C=C1\C(=O)NC(=O)N(c2cccnc2)C1=O. The van der Waals surface area contributed by atoms with Crippen LogP contribution in [0, 0.1) is 0 Å². The van der Waals surface area contributed by atoms with Crippen molar-refractivity contribution >= 4 is 35.3 Å². The number of anilines is 2. The Morgan fingerprint density at radius 2 is 1.90 bits per heavy atom. The van der Waals surface area contributed by atoms with E-state index in [1.165, 1.54) is 18.5 Å². The topological polar surface area (TPSA) is 91.8 Å². The third-order valence-corrected chi connectivity index (χ3v) is 4.99. The van der Waals surface area contributed by atoms with Crippen LogP contribution in [0.15, 0.2) is 48.3 Å². The van der Waals surface area contributed by atoms with E-state index in [0.29, 0.717) is 11.3 Å². The van der Waals surface area contributed by atoms with Gasteiger partial charge < -0.3 is 9.64 Å². The minimum absolute atomic E-state index is 0.152. The first-order valence-corrected chi connectivity index (χ1v) is 9.33. The third kappa shape index (κ3) is 3.56. The molecule has 0 radical (unpaired) electrons. The first-order valence-electron chi connectivity index (χ1n) is 9.33. The van der Waals surface area contributed by atoms with Crippen LogP contribution < -0.4 is 19.9 Å². The predicted molar refractivity (Wildman–Crippen MR) is 108 cm³/mol. The summed E-state index contributed by atoms with van der Waals surface area (Å²) in [6.45, 7) is 1.99. The number of carbonyl (C=O) groups is 3. The molecule has 0 atom stereocenters. The second-order valence-electron chi connectivity index (χ2n) is 6.79. The summed E-state index contributed by atoms with van der Waals surface area (Å²) in [5.41, 5.74) is 1.74. The lowest BCUT2D eigenvalue weighted by molar-refractivity contribution is -0.122. The Morgan fingerprint density at radius 3 is 2.59 bits per heavy atom. The van der Waals surface area contributed by atoms with Gasteiger partial charge in [0.1, 0.15) is 11.3 Å². The monoisotopic (exact) mass is 392 g/mol. The van der Waals surface area contributed by atoms with E-state index in [1.54, 1.807) is 19.2 Å². The number of amides is 4. The summed E-state index contributed by atoms with van der Waals surface area (Å²) < 4.78 is 5.49. The van der Waals surface area contributed by atoms with Gasteiger partial charge in [0.15, 0.2) is 0 Å². The van der Waals surface area contributed by atoms with Crippen molar-refractivity contribution in [3.05, 3.63) is 53.9 Å². The number of urea groups is 1. The minimum Gasteiger partial charge on any atom is -0.496 e. The number of benzene rings is 1. The Bertz CT molecular complexity index is 997. The van der Waals surface area contributed by atoms with Crippen molar-refractivity contribution in [1.82, 2.24) is 10.3 Å². The molecule has 2 aliphatic rings. The first kappa shape index (κ1) is 18.7. The quantitative estimate of drug-likeness (QED) is 0.634. The zero-order valence-electron chi connectivity index (χ0n) is 15.9. The number of hydrogen-bond acceptors (Lipinski definition) is 6. The Hall–Kier alpha value is -3.68. The highest BCUT2D eigenvalue weighted by Crippen LogP contribution is 2.30. The molecule has 29 heavy (non-hydrogen) atoms. The fourth-order valence-electron chi connectivity index (χ4n) is 3.52. The number of barbiturate groups is 1. The molecule has 0 spiro atoms. The van der Waals surface area contributed by atoms with Gasteiger partial charge in [0.05, 0.1) is 19.0 Å². The molecule has 2 saturated heterocycles. The lowest BCUT2D eigenvalue weighted by atomic mass is 10.1. The minimum atomic E-state index is -0.804. The highest BCUT2D eigenvalue weighted by molar-refractivity contribution is 6.39. The Balaban J connectivity index is 1.69. The number of ether oxygens (including phenoxy) is 1. The van der Waals surface area contributed by atoms with Gasteiger partial charge in [0, 0.05) is 36.6 Å². The van der Waals surface area contributed by atoms with Gasteiger partial charge in [-0.1, -0.05) is 0 Å². The van der Waals surface area contributed by atoms with E-state index in [1.807, 2.05) is 18.2 Å². The van der Waals surface area contributed by atoms with Gasteiger partial charge in [-0.25, -0.2) is 9.69 Å². The van der Waals surface area contributed by atoms with Gasteiger partial charge in [-0.05, 0) is 43.2 Å². The van der Waals surface area contributed by atoms with E-state index < -0.39 is 17.8 Å². The molecule has 2 aromatic rings. The highest BCUT2D eigenvalue weighted by Gasteiger charge is 2.37. The van der Waals surface area contributed by atoms with E-state index in [4.69, 9.17) is 4.74 Å². The summed E-state index contributed by atoms with van der Waals surface area (Å²) in [4.78, 5) is 44.6. The summed E-state index contributed by atoms with van der Waals surface area (Å²) in [7, 11) is 1.54. The Kier molecular flexibility index (Phi) is 4.99. The number of rotatable bonds is 4. The zero-order valence-corrected chi connectivity index (χ0v) is 15.9. The molecule has 2 aliphatic heterocycles. The fraction of sp³-hybridized carbons (Fsp3) is 0.238. The number of nitrogens with zero attached hydrogens (tertiary/aromatic N) is 3. The maximum absolute atomic E-state index is 12.9. The molecule has 4 rings (SSSR count). The summed E-state index contributed by atoms with van der Waals surface area (Å²) in [6, 6.07) is 8.02. The van der Waals surface area contributed by atoms with Crippen molar-refractivity contribution in [3.63, 3.8) is 0 Å². The number of methoxy groups -OCH3 is 1. The standard InChI is InChI=1S/C21H20N4O4/c1-29-18-12-15(24-9-2-3-10-24)7-6-14(18)11-17-19(26)23-21(28)25(20(17)27)16-5-4-8-22-13-16/h4-8,11-13H,2-3,9-10H2,1H3,(H,23,26,28)/b17-11+. The van der Waals surface area contributed by atoms with Gasteiger partial charge >= 0.3 is 6.03 Å². The molecular weight excluding hydrogens is 372 g/mol. The van der Waals surface area contributed by atoms with Crippen molar-refractivity contribution in [1.29, 1.82) is 0 Å². The Labute approximate surface area is 167 Å². The number of pyridine rings is 1. The van der Waals surface area contributed by atoms with Crippen LogP contribution in [0.2, 0.25) is 0 Å². The van der Waals surface area contributed by atoms with E-state index in [2.05, 4.69) is 15.2 Å². The van der Waals surface area contributed by atoms with E-state index in [0.717, 1.165) is 36.5 Å². The molecule has 0 unspecified atom stereocenters. The maximum atomic E-state index is 12.9. The van der Waals surface area contributed by atoms with Crippen LogP contribution in [0.25, 0.3) is 6.08 Å². The second-order valence-corrected chi connectivity index (χ2v) is 6.79. The van der Waals surface area contributed by atoms with Crippen molar-refractivity contribution in [2.45, 2.75) is 12.8 Å². The summed E-state index contributed by atoms with van der Waals surface area (Å²) in [5, 5.41) is 2.20. The lowest BCUT2D eigenvalue weighted by Crippen LogP contribution is -2.54. The molecule has 0 saturated carbocycles. The predicted octanol–water partition coefficient (Wildman–Crippen LogP) is 2.36. The van der Waals surface area contributed by atoms with Crippen LogP contribution in [0.3, 0.4) is 0 Å². The number of imide groups is 2. The molecule has 8 nitrogen and oxygen atoms in total. The number of hydrogen-bond donors (Lipinski definition) is 1. The maximum Gasteiger partial charge on any atom is 0.336 e. The average molecular weight is 392 g/mol. The van der Waals surface area contributed by atoms with Crippen molar-refractivity contribution in [3.8, 4) is 5.75 Å². The van der Waals surface area contributed by atoms with E-state index in [-0.39, 0.29) is 11.3 Å². The Morgan fingerprint density at radius 1 is 1.10 bits per heavy atom. The lowest BCUT2D eigenvalue weighted by Gasteiger charge is -2.26. The molecule has 3 heterocycles. The van der Waals surface area contributed by atoms with Crippen molar-refractivity contribution in [2.75, 3.05) is 30.0 Å². The van der Waals surface area contributed by atoms with Crippen molar-refractivity contribution < 1.29 is 19.1 Å². The molecule has 148 valence electrons. The first-order chi connectivity index (χ1) is 14.1. The summed E-state index contributed by atoms with van der Waals surface area (Å²) in [5.74, 6) is -0.907. The second kappa shape index (κ2) is 7.75. The largest absolute Gasteiger partial charge is 0.496 e. The van der Waals surface area contributed by atoms with Crippen LogP contribution in [0.4, 0.5) is 16.2 Å². The van der Waals surface area contributed by atoms with E-state index >= 15 is 0 Å². The smallest absolute Gasteiger partial charge is 0.336 e. The summed E-state index contributed by atoms with van der Waals surface area (Å²) >= 11 is 0. The molecule has 2 fully saturated rings. The van der Waals surface area contributed by atoms with E-state index in [9.17, 15) is 14.4 Å². The van der Waals surface area contributed by atoms with Gasteiger partial charge in [-0.2, -0.15) is 0 Å².